The Hall–Kier alpha value is -1.92. The van der Waals surface area contributed by atoms with E-state index in [1.807, 2.05) is 30.3 Å². The summed E-state index contributed by atoms with van der Waals surface area (Å²) in [6.45, 7) is 4.24. The molecular weight excluding hydrogens is 268 g/mol. The van der Waals surface area contributed by atoms with Gasteiger partial charge in [0.05, 0.1) is 6.04 Å². The number of nitrogens with one attached hydrogen (secondary N) is 1. The van der Waals surface area contributed by atoms with Gasteiger partial charge >= 0.3 is 11.8 Å². The van der Waals surface area contributed by atoms with Crippen molar-refractivity contribution in [2.75, 3.05) is 39.8 Å². The molecule has 114 valence electrons. The quantitative estimate of drug-likeness (QED) is 0.738. The molecule has 1 unspecified atom stereocenters. The minimum atomic E-state index is -0.944. The molecule has 0 spiro atoms. The van der Waals surface area contributed by atoms with E-state index in [1.165, 1.54) is 0 Å². The average Bonchev–Trinajstić information content (AvgIpc) is 2.50. The highest BCUT2D eigenvalue weighted by Gasteiger charge is 2.24. The average molecular weight is 290 g/mol. The van der Waals surface area contributed by atoms with Gasteiger partial charge in [0.15, 0.2) is 0 Å². The number of amides is 2. The summed E-state index contributed by atoms with van der Waals surface area (Å²) in [4.78, 5) is 26.9. The monoisotopic (exact) mass is 290 g/mol. The molecule has 1 aromatic rings. The van der Waals surface area contributed by atoms with Crippen molar-refractivity contribution in [2.24, 2.45) is 5.73 Å². The predicted octanol–water partition coefficient (Wildman–Crippen LogP) is -0.423. The van der Waals surface area contributed by atoms with Gasteiger partial charge in [-0.25, -0.2) is 0 Å². The van der Waals surface area contributed by atoms with Gasteiger partial charge in [0.1, 0.15) is 0 Å². The maximum atomic E-state index is 11.4. The van der Waals surface area contributed by atoms with E-state index in [1.54, 1.807) is 0 Å². The molecule has 0 radical (unpaired) electrons. The van der Waals surface area contributed by atoms with Crippen LogP contribution in [0.5, 0.6) is 0 Å². The van der Waals surface area contributed by atoms with Crippen LogP contribution in [-0.2, 0) is 9.59 Å². The Kier molecular flexibility index (Phi) is 5.30. The molecule has 6 heteroatoms. The molecule has 1 aromatic carbocycles. The van der Waals surface area contributed by atoms with Crippen molar-refractivity contribution < 1.29 is 9.59 Å². The van der Waals surface area contributed by atoms with E-state index in [9.17, 15) is 9.59 Å². The van der Waals surface area contributed by atoms with Gasteiger partial charge in [0, 0.05) is 32.7 Å². The lowest BCUT2D eigenvalue weighted by Crippen LogP contribution is -2.49. The second-order valence-electron chi connectivity index (χ2n) is 5.34. The number of piperazine rings is 1. The molecule has 1 aliphatic rings. The number of carbonyl (C=O) groups excluding carboxylic acids is 2. The van der Waals surface area contributed by atoms with Crippen LogP contribution in [0.3, 0.4) is 0 Å². The number of rotatable bonds is 4. The smallest absolute Gasteiger partial charge is 0.309 e. The Morgan fingerprint density at radius 2 is 1.81 bits per heavy atom. The van der Waals surface area contributed by atoms with Gasteiger partial charge in [-0.3, -0.25) is 14.5 Å². The summed E-state index contributed by atoms with van der Waals surface area (Å²) < 4.78 is 0. The maximum absolute atomic E-state index is 11.4. The topological polar surface area (TPSA) is 78.7 Å². The van der Waals surface area contributed by atoms with Gasteiger partial charge < -0.3 is 16.0 Å². The van der Waals surface area contributed by atoms with E-state index in [0.29, 0.717) is 6.54 Å². The molecule has 3 N–H and O–H groups in total. The molecule has 21 heavy (non-hydrogen) atoms. The minimum Gasteiger partial charge on any atom is -0.361 e. The third kappa shape index (κ3) is 4.27. The highest BCUT2D eigenvalue weighted by atomic mass is 16.2. The molecule has 2 amide bonds. The second kappa shape index (κ2) is 7.19. The molecule has 0 bridgehead atoms. The molecule has 2 rings (SSSR count). The summed E-state index contributed by atoms with van der Waals surface area (Å²) in [6, 6.07) is 10.1. The summed E-state index contributed by atoms with van der Waals surface area (Å²) >= 11 is 0. The molecule has 6 nitrogen and oxygen atoms in total. The SMILES string of the molecule is CN1CCN(C(CNC(=O)C(N)=O)c2ccccc2)CC1. The lowest BCUT2D eigenvalue weighted by Gasteiger charge is -2.38. The van der Waals surface area contributed by atoms with Crippen LogP contribution in [-0.4, -0.2) is 61.4 Å². The molecule has 1 saturated heterocycles. The number of likely N-dealkylation sites (N-methyl/N-ethyl adjacent to an activating group) is 1. The predicted molar refractivity (Wildman–Crippen MR) is 80.5 cm³/mol. The summed E-state index contributed by atoms with van der Waals surface area (Å²) in [5.74, 6) is -1.68. The molecule has 0 aliphatic carbocycles. The number of nitrogens with two attached hydrogens (primary N) is 1. The Morgan fingerprint density at radius 3 is 2.38 bits per heavy atom. The number of nitrogens with zero attached hydrogens (tertiary/aromatic N) is 2. The van der Waals surface area contributed by atoms with Crippen LogP contribution in [0, 0.1) is 0 Å². The molecule has 0 aromatic heterocycles. The van der Waals surface area contributed by atoms with E-state index in [4.69, 9.17) is 5.73 Å². The molecule has 1 atom stereocenters. The van der Waals surface area contributed by atoms with Crippen molar-refractivity contribution in [2.45, 2.75) is 6.04 Å². The molecule has 1 aliphatic heterocycles. The Balaban J connectivity index is 2.07. The maximum Gasteiger partial charge on any atom is 0.309 e. The van der Waals surface area contributed by atoms with E-state index >= 15 is 0 Å². The van der Waals surface area contributed by atoms with Crippen LogP contribution in [0.25, 0.3) is 0 Å². The first-order valence-corrected chi connectivity index (χ1v) is 7.13. The van der Waals surface area contributed by atoms with Crippen LogP contribution in [0.1, 0.15) is 11.6 Å². The van der Waals surface area contributed by atoms with Crippen molar-refractivity contribution in [1.82, 2.24) is 15.1 Å². The number of hydrogen-bond donors (Lipinski definition) is 2. The van der Waals surface area contributed by atoms with Crippen LogP contribution < -0.4 is 11.1 Å². The fraction of sp³-hybridized carbons (Fsp3) is 0.467. The largest absolute Gasteiger partial charge is 0.361 e. The first-order chi connectivity index (χ1) is 10.1. The molecule has 0 saturated carbocycles. The van der Waals surface area contributed by atoms with E-state index in [-0.39, 0.29) is 6.04 Å². The third-order valence-corrected chi connectivity index (χ3v) is 3.84. The van der Waals surface area contributed by atoms with Crippen LogP contribution in [0.15, 0.2) is 30.3 Å². The van der Waals surface area contributed by atoms with Crippen LogP contribution in [0.4, 0.5) is 0 Å². The molecular formula is C15H22N4O2. The fourth-order valence-corrected chi connectivity index (χ4v) is 2.54. The standard InChI is InChI=1S/C15H22N4O2/c1-18-7-9-19(10-8-18)13(11-17-15(21)14(16)20)12-5-3-2-4-6-12/h2-6,13H,7-11H2,1H3,(H2,16,20)(H,17,21). The van der Waals surface area contributed by atoms with Crippen molar-refractivity contribution in [3.8, 4) is 0 Å². The Morgan fingerprint density at radius 1 is 1.19 bits per heavy atom. The molecule has 1 heterocycles. The second-order valence-corrected chi connectivity index (χ2v) is 5.34. The zero-order valence-electron chi connectivity index (χ0n) is 12.3. The normalized spacial score (nSPS) is 18.1. The number of carbonyl (C=O) groups is 2. The highest BCUT2D eigenvalue weighted by Crippen LogP contribution is 2.21. The van der Waals surface area contributed by atoms with Gasteiger partial charge in [-0.2, -0.15) is 0 Å². The zero-order valence-corrected chi connectivity index (χ0v) is 12.3. The number of primary amides is 1. The van der Waals surface area contributed by atoms with Gasteiger partial charge in [-0.05, 0) is 12.6 Å². The summed E-state index contributed by atoms with van der Waals surface area (Å²) in [7, 11) is 2.10. The van der Waals surface area contributed by atoms with E-state index in [0.717, 1.165) is 31.7 Å². The van der Waals surface area contributed by atoms with Crippen molar-refractivity contribution in [1.29, 1.82) is 0 Å². The summed E-state index contributed by atoms with van der Waals surface area (Å²) in [5, 5.41) is 2.62. The van der Waals surface area contributed by atoms with Gasteiger partial charge in [-0.1, -0.05) is 30.3 Å². The highest BCUT2D eigenvalue weighted by molar-refractivity contribution is 6.34. The lowest BCUT2D eigenvalue weighted by atomic mass is 10.0. The van der Waals surface area contributed by atoms with Gasteiger partial charge in [0.25, 0.3) is 0 Å². The summed E-state index contributed by atoms with van der Waals surface area (Å²) in [6.07, 6.45) is 0. The van der Waals surface area contributed by atoms with Gasteiger partial charge in [-0.15, -0.1) is 0 Å². The fourth-order valence-electron chi connectivity index (χ4n) is 2.54. The summed E-state index contributed by atoms with van der Waals surface area (Å²) in [5.41, 5.74) is 6.12. The first kappa shape index (κ1) is 15.5. The van der Waals surface area contributed by atoms with Crippen molar-refractivity contribution in [3.63, 3.8) is 0 Å². The van der Waals surface area contributed by atoms with Crippen LogP contribution in [0.2, 0.25) is 0 Å². The third-order valence-electron chi connectivity index (χ3n) is 3.84. The van der Waals surface area contributed by atoms with E-state index in [2.05, 4.69) is 22.2 Å². The Labute approximate surface area is 124 Å². The van der Waals surface area contributed by atoms with Crippen molar-refractivity contribution in [3.05, 3.63) is 35.9 Å². The zero-order chi connectivity index (χ0) is 15.2. The minimum absolute atomic E-state index is 0.0585. The Bertz CT molecular complexity index is 484. The van der Waals surface area contributed by atoms with Gasteiger partial charge in [0.2, 0.25) is 0 Å². The van der Waals surface area contributed by atoms with Crippen molar-refractivity contribution >= 4 is 11.8 Å². The lowest BCUT2D eigenvalue weighted by molar-refractivity contribution is -0.137. The first-order valence-electron chi connectivity index (χ1n) is 7.13. The van der Waals surface area contributed by atoms with Crippen LogP contribution >= 0.6 is 0 Å². The number of hydrogen-bond acceptors (Lipinski definition) is 4. The number of benzene rings is 1. The van der Waals surface area contributed by atoms with E-state index < -0.39 is 11.8 Å². The molecule has 1 fully saturated rings.